The first-order valence-corrected chi connectivity index (χ1v) is 6.24. The smallest absolute Gasteiger partial charge is 0.105 e. The van der Waals surface area contributed by atoms with Gasteiger partial charge in [-0.2, -0.15) is 0 Å². The summed E-state index contributed by atoms with van der Waals surface area (Å²) in [6, 6.07) is 8.05. The average Bonchev–Trinajstić information content (AvgIpc) is 2.36. The van der Waals surface area contributed by atoms with Crippen molar-refractivity contribution in [2.45, 2.75) is 43.8 Å². The quantitative estimate of drug-likeness (QED) is 0.702. The summed E-state index contributed by atoms with van der Waals surface area (Å²) in [5.74, 6) is 0.724. The van der Waals surface area contributed by atoms with Crippen LogP contribution in [0.4, 0.5) is 0 Å². The van der Waals surface area contributed by atoms with Crippen LogP contribution in [0.1, 0.15) is 48.8 Å². The molecule has 2 nitrogen and oxygen atoms in total. The minimum atomic E-state index is -0.685. The van der Waals surface area contributed by atoms with Gasteiger partial charge < -0.3 is 10.2 Å². The van der Waals surface area contributed by atoms with Gasteiger partial charge >= 0.3 is 0 Å². The number of aliphatic hydroxyl groups is 2. The highest BCUT2D eigenvalue weighted by Crippen LogP contribution is 2.48. The second-order valence-electron chi connectivity index (χ2n) is 5.12. The maximum atomic E-state index is 10.2. The molecule has 4 atom stereocenters. The molecule has 0 radical (unpaired) electrons. The third kappa shape index (κ3) is 1.40. The standard InChI is InChI=1S/C14H18O2/c15-13-11-7-3-1-5-9(11)10-6-2-4-8-12(10)14(13)16/h1,3,5,7,10,12-16H,2,4,6,8H2/t10-,12+,13-,14+/m0/s1. The van der Waals surface area contributed by atoms with Crippen molar-refractivity contribution < 1.29 is 10.2 Å². The average molecular weight is 218 g/mol. The van der Waals surface area contributed by atoms with Crippen LogP contribution in [0, 0.1) is 5.92 Å². The number of rotatable bonds is 0. The van der Waals surface area contributed by atoms with Crippen molar-refractivity contribution in [3.8, 4) is 0 Å². The molecule has 0 aliphatic heterocycles. The molecule has 1 aromatic rings. The van der Waals surface area contributed by atoms with E-state index in [-0.39, 0.29) is 5.92 Å². The van der Waals surface area contributed by atoms with Gasteiger partial charge in [0, 0.05) is 0 Å². The third-order valence-electron chi connectivity index (χ3n) is 4.30. The number of hydrogen-bond donors (Lipinski definition) is 2. The van der Waals surface area contributed by atoms with E-state index in [1.54, 1.807) is 0 Å². The first-order chi connectivity index (χ1) is 7.79. The Bertz CT molecular complexity index is 388. The molecular weight excluding hydrogens is 200 g/mol. The Balaban J connectivity index is 2.07. The number of benzene rings is 1. The molecule has 1 fully saturated rings. The van der Waals surface area contributed by atoms with Crippen molar-refractivity contribution in [2.24, 2.45) is 5.92 Å². The van der Waals surface area contributed by atoms with Crippen LogP contribution < -0.4 is 0 Å². The molecule has 2 N–H and O–H groups in total. The van der Waals surface area contributed by atoms with Crippen molar-refractivity contribution in [1.82, 2.24) is 0 Å². The summed E-state index contributed by atoms with van der Waals surface area (Å²) >= 11 is 0. The Morgan fingerprint density at radius 3 is 2.44 bits per heavy atom. The molecule has 0 amide bonds. The highest BCUT2D eigenvalue weighted by molar-refractivity contribution is 5.36. The minimum Gasteiger partial charge on any atom is -0.390 e. The van der Waals surface area contributed by atoms with Gasteiger partial charge in [-0.15, -0.1) is 0 Å². The van der Waals surface area contributed by atoms with Gasteiger partial charge in [0.25, 0.3) is 0 Å². The molecule has 0 saturated heterocycles. The Hall–Kier alpha value is -0.860. The summed E-state index contributed by atoms with van der Waals surface area (Å²) in [7, 11) is 0. The van der Waals surface area contributed by atoms with Gasteiger partial charge in [0.2, 0.25) is 0 Å². The van der Waals surface area contributed by atoms with E-state index in [0.717, 1.165) is 18.4 Å². The van der Waals surface area contributed by atoms with Gasteiger partial charge in [0.15, 0.2) is 0 Å². The van der Waals surface area contributed by atoms with E-state index in [9.17, 15) is 10.2 Å². The Kier molecular flexibility index (Phi) is 2.49. The Labute approximate surface area is 95.9 Å². The van der Waals surface area contributed by atoms with Crippen molar-refractivity contribution in [3.63, 3.8) is 0 Å². The monoisotopic (exact) mass is 218 g/mol. The van der Waals surface area contributed by atoms with E-state index in [2.05, 4.69) is 6.07 Å². The molecule has 0 aromatic heterocycles. The number of hydrogen-bond acceptors (Lipinski definition) is 2. The second-order valence-corrected chi connectivity index (χ2v) is 5.12. The molecule has 1 aromatic carbocycles. The summed E-state index contributed by atoms with van der Waals surface area (Å²) in [4.78, 5) is 0. The fraction of sp³-hybridized carbons (Fsp3) is 0.571. The largest absolute Gasteiger partial charge is 0.390 e. The number of fused-ring (bicyclic) bond motifs is 3. The topological polar surface area (TPSA) is 40.5 Å². The zero-order valence-corrected chi connectivity index (χ0v) is 9.34. The normalized spacial score (nSPS) is 37.6. The van der Waals surface area contributed by atoms with Crippen molar-refractivity contribution in [3.05, 3.63) is 35.4 Å². The van der Waals surface area contributed by atoms with Gasteiger partial charge in [-0.25, -0.2) is 0 Å². The fourth-order valence-electron chi connectivity index (χ4n) is 3.49. The summed E-state index contributed by atoms with van der Waals surface area (Å²) in [5.41, 5.74) is 2.21. The second kappa shape index (κ2) is 3.86. The van der Waals surface area contributed by atoms with E-state index >= 15 is 0 Å². The Morgan fingerprint density at radius 2 is 1.62 bits per heavy atom. The number of aliphatic hydroxyl groups excluding tert-OH is 2. The lowest BCUT2D eigenvalue weighted by Gasteiger charge is -2.42. The fourth-order valence-corrected chi connectivity index (χ4v) is 3.49. The molecule has 1 saturated carbocycles. The maximum absolute atomic E-state index is 10.2. The molecule has 0 spiro atoms. The van der Waals surface area contributed by atoms with E-state index in [1.807, 2.05) is 18.2 Å². The molecule has 0 bridgehead atoms. The predicted octanol–water partition coefficient (Wildman–Crippen LogP) is 2.37. The Morgan fingerprint density at radius 1 is 0.938 bits per heavy atom. The maximum Gasteiger partial charge on any atom is 0.105 e. The van der Waals surface area contributed by atoms with E-state index < -0.39 is 12.2 Å². The molecule has 3 rings (SSSR count). The van der Waals surface area contributed by atoms with Gasteiger partial charge in [-0.05, 0) is 35.8 Å². The molecular formula is C14H18O2. The van der Waals surface area contributed by atoms with E-state index in [0.29, 0.717) is 5.92 Å². The third-order valence-corrected chi connectivity index (χ3v) is 4.30. The van der Waals surface area contributed by atoms with Crippen molar-refractivity contribution in [2.75, 3.05) is 0 Å². The highest BCUT2D eigenvalue weighted by Gasteiger charge is 2.41. The lowest BCUT2D eigenvalue weighted by molar-refractivity contribution is -0.0465. The van der Waals surface area contributed by atoms with E-state index in [1.165, 1.54) is 18.4 Å². The predicted molar refractivity (Wildman–Crippen MR) is 62.1 cm³/mol. The van der Waals surface area contributed by atoms with Gasteiger partial charge in [-0.1, -0.05) is 37.1 Å². The minimum absolute atomic E-state index is 0.263. The first-order valence-electron chi connectivity index (χ1n) is 6.24. The van der Waals surface area contributed by atoms with Crippen molar-refractivity contribution in [1.29, 1.82) is 0 Å². The van der Waals surface area contributed by atoms with Crippen LogP contribution in [0.25, 0.3) is 0 Å². The van der Waals surface area contributed by atoms with Crippen LogP contribution in [0.15, 0.2) is 24.3 Å². The molecule has 0 unspecified atom stereocenters. The molecule has 0 heterocycles. The summed E-state index contributed by atoms with van der Waals surface area (Å²) in [6.07, 6.45) is 3.39. The molecule has 2 aliphatic rings. The van der Waals surface area contributed by atoms with Crippen LogP contribution in [0.2, 0.25) is 0 Å². The molecule has 86 valence electrons. The van der Waals surface area contributed by atoms with Crippen LogP contribution in [-0.4, -0.2) is 16.3 Å². The summed E-state index contributed by atoms with van der Waals surface area (Å²) in [5, 5.41) is 20.3. The van der Waals surface area contributed by atoms with Crippen LogP contribution >= 0.6 is 0 Å². The molecule has 16 heavy (non-hydrogen) atoms. The first kappa shape index (κ1) is 10.3. The lowest BCUT2D eigenvalue weighted by atomic mass is 9.66. The van der Waals surface area contributed by atoms with Gasteiger partial charge in [-0.3, -0.25) is 0 Å². The van der Waals surface area contributed by atoms with Crippen LogP contribution in [0.5, 0.6) is 0 Å². The van der Waals surface area contributed by atoms with Crippen LogP contribution in [0.3, 0.4) is 0 Å². The zero-order valence-electron chi connectivity index (χ0n) is 9.34. The summed E-state index contributed by atoms with van der Waals surface area (Å²) in [6.45, 7) is 0. The van der Waals surface area contributed by atoms with Crippen molar-refractivity contribution >= 4 is 0 Å². The summed E-state index contributed by atoms with van der Waals surface area (Å²) < 4.78 is 0. The van der Waals surface area contributed by atoms with Gasteiger partial charge in [0.1, 0.15) is 6.10 Å². The highest BCUT2D eigenvalue weighted by atomic mass is 16.3. The zero-order chi connectivity index (χ0) is 11.1. The lowest BCUT2D eigenvalue weighted by Crippen LogP contribution is -2.39. The van der Waals surface area contributed by atoms with E-state index in [4.69, 9.17) is 0 Å². The van der Waals surface area contributed by atoms with Crippen LogP contribution in [-0.2, 0) is 0 Å². The van der Waals surface area contributed by atoms with Gasteiger partial charge in [0.05, 0.1) is 6.10 Å². The SMILES string of the molecule is O[C@@H]1[C@@H]2CCCC[C@H]2c2ccccc2[C@@H]1O. The molecule has 2 aliphatic carbocycles. The molecule has 2 heteroatoms.